The van der Waals surface area contributed by atoms with Crippen molar-refractivity contribution in [2.24, 2.45) is 11.8 Å². The van der Waals surface area contributed by atoms with Gasteiger partial charge in [0, 0.05) is 19.5 Å². The van der Waals surface area contributed by atoms with E-state index < -0.39 is 0 Å². The van der Waals surface area contributed by atoms with Gasteiger partial charge < -0.3 is 9.64 Å². The van der Waals surface area contributed by atoms with Gasteiger partial charge in [-0.05, 0) is 11.5 Å². The quantitative estimate of drug-likeness (QED) is 0.780. The smallest absolute Gasteiger partial charge is 0.310 e. The number of amides is 1. The number of hydrogen-bond acceptors (Lipinski definition) is 3. The first-order chi connectivity index (χ1) is 9.11. The van der Waals surface area contributed by atoms with Gasteiger partial charge in [-0.15, -0.1) is 0 Å². The number of piperidine rings is 1. The second kappa shape index (κ2) is 5.87. The van der Waals surface area contributed by atoms with Gasteiger partial charge in [-0.2, -0.15) is 0 Å². The highest BCUT2D eigenvalue weighted by molar-refractivity contribution is 5.81. The molecule has 1 saturated heterocycles. The molecule has 0 saturated carbocycles. The third kappa shape index (κ3) is 3.13. The van der Waals surface area contributed by atoms with Gasteiger partial charge in [0.25, 0.3) is 0 Å². The summed E-state index contributed by atoms with van der Waals surface area (Å²) in [6.45, 7) is 2.93. The summed E-state index contributed by atoms with van der Waals surface area (Å²) in [7, 11) is 1.40. The van der Waals surface area contributed by atoms with Gasteiger partial charge >= 0.3 is 5.97 Å². The fourth-order valence-electron chi connectivity index (χ4n) is 2.48. The highest BCUT2D eigenvalue weighted by Crippen LogP contribution is 2.26. The maximum absolute atomic E-state index is 12.0. The van der Waals surface area contributed by atoms with E-state index in [-0.39, 0.29) is 23.7 Å². The lowest BCUT2D eigenvalue weighted by Gasteiger charge is -2.35. The van der Waals surface area contributed by atoms with E-state index in [0.717, 1.165) is 5.56 Å². The minimum atomic E-state index is -0.224. The van der Waals surface area contributed by atoms with Gasteiger partial charge in [-0.1, -0.05) is 37.3 Å². The first kappa shape index (κ1) is 13.6. The third-order valence-electron chi connectivity index (χ3n) is 3.67. The van der Waals surface area contributed by atoms with Crippen LogP contribution in [0.15, 0.2) is 30.3 Å². The Hall–Kier alpha value is -1.84. The molecule has 102 valence electrons. The summed E-state index contributed by atoms with van der Waals surface area (Å²) in [6, 6.07) is 9.81. The standard InChI is InChI=1S/C15H19NO3/c1-11-8-14(17)16(10-13(11)15(18)19-2)9-12-6-4-3-5-7-12/h3-7,11,13H,8-10H2,1-2H3/t11-,13-/m0/s1. The first-order valence-corrected chi connectivity index (χ1v) is 6.51. The number of methoxy groups -OCH3 is 1. The summed E-state index contributed by atoms with van der Waals surface area (Å²) >= 11 is 0. The number of ether oxygens (including phenoxy) is 1. The van der Waals surface area contributed by atoms with E-state index in [9.17, 15) is 9.59 Å². The van der Waals surface area contributed by atoms with Crippen molar-refractivity contribution in [1.82, 2.24) is 4.90 Å². The maximum Gasteiger partial charge on any atom is 0.310 e. The maximum atomic E-state index is 12.0. The van der Waals surface area contributed by atoms with Crippen molar-refractivity contribution in [1.29, 1.82) is 0 Å². The van der Waals surface area contributed by atoms with Crippen molar-refractivity contribution in [3.8, 4) is 0 Å². The highest BCUT2D eigenvalue weighted by atomic mass is 16.5. The van der Waals surface area contributed by atoms with Gasteiger partial charge in [0.15, 0.2) is 0 Å². The van der Waals surface area contributed by atoms with Crippen LogP contribution in [0.5, 0.6) is 0 Å². The Morgan fingerprint density at radius 3 is 2.68 bits per heavy atom. The van der Waals surface area contributed by atoms with Gasteiger partial charge in [-0.3, -0.25) is 9.59 Å². The molecule has 2 atom stereocenters. The molecular formula is C15H19NO3. The summed E-state index contributed by atoms with van der Waals surface area (Å²) < 4.78 is 4.82. The monoisotopic (exact) mass is 261 g/mol. The number of hydrogen-bond donors (Lipinski definition) is 0. The lowest BCUT2D eigenvalue weighted by molar-refractivity contribution is -0.153. The van der Waals surface area contributed by atoms with Crippen LogP contribution in [-0.4, -0.2) is 30.4 Å². The Balaban J connectivity index is 2.08. The van der Waals surface area contributed by atoms with Gasteiger partial charge in [-0.25, -0.2) is 0 Å². The first-order valence-electron chi connectivity index (χ1n) is 6.51. The van der Waals surface area contributed by atoms with Crippen LogP contribution in [0.2, 0.25) is 0 Å². The largest absolute Gasteiger partial charge is 0.469 e. The normalized spacial score (nSPS) is 23.3. The zero-order valence-corrected chi connectivity index (χ0v) is 11.3. The van der Waals surface area contributed by atoms with Crippen molar-refractivity contribution in [2.45, 2.75) is 19.9 Å². The molecule has 4 nitrogen and oxygen atoms in total. The molecule has 1 aromatic carbocycles. The van der Waals surface area contributed by atoms with Crippen LogP contribution in [-0.2, 0) is 20.9 Å². The molecule has 4 heteroatoms. The molecule has 0 bridgehead atoms. The second-order valence-electron chi connectivity index (χ2n) is 5.07. The molecule has 0 unspecified atom stereocenters. The number of carbonyl (C=O) groups excluding carboxylic acids is 2. The Labute approximate surface area is 113 Å². The topological polar surface area (TPSA) is 46.6 Å². The van der Waals surface area contributed by atoms with Gasteiger partial charge in [0.2, 0.25) is 5.91 Å². The molecule has 1 heterocycles. The molecule has 0 N–H and O–H groups in total. The van der Waals surface area contributed by atoms with Crippen LogP contribution in [0.1, 0.15) is 18.9 Å². The summed E-state index contributed by atoms with van der Waals surface area (Å²) in [4.78, 5) is 25.5. The second-order valence-corrected chi connectivity index (χ2v) is 5.07. The number of esters is 1. The number of carbonyl (C=O) groups is 2. The molecular weight excluding hydrogens is 242 g/mol. The Kier molecular flexibility index (Phi) is 4.20. The summed E-state index contributed by atoms with van der Waals surface area (Å²) in [5.41, 5.74) is 1.08. The van der Waals surface area contributed by atoms with Crippen molar-refractivity contribution >= 4 is 11.9 Å². The predicted octanol–water partition coefficient (Wildman–Crippen LogP) is 1.84. The van der Waals surface area contributed by atoms with Crippen molar-refractivity contribution in [3.63, 3.8) is 0 Å². The average molecular weight is 261 g/mol. The molecule has 0 spiro atoms. The number of nitrogens with zero attached hydrogens (tertiary/aromatic N) is 1. The van der Waals surface area contributed by atoms with E-state index in [1.54, 1.807) is 4.90 Å². The molecule has 0 radical (unpaired) electrons. The minimum Gasteiger partial charge on any atom is -0.469 e. The zero-order valence-electron chi connectivity index (χ0n) is 11.3. The molecule has 2 rings (SSSR count). The summed E-state index contributed by atoms with van der Waals surface area (Å²) in [6.07, 6.45) is 0.409. The SMILES string of the molecule is COC(=O)[C@H]1CN(Cc2ccccc2)C(=O)C[C@@H]1C. The summed E-state index contributed by atoms with van der Waals surface area (Å²) in [5.74, 6) is -0.284. The van der Waals surface area contributed by atoms with Gasteiger partial charge in [0.05, 0.1) is 13.0 Å². The van der Waals surface area contributed by atoms with Gasteiger partial charge in [0.1, 0.15) is 0 Å². The van der Waals surface area contributed by atoms with Crippen LogP contribution in [0.3, 0.4) is 0 Å². The van der Waals surface area contributed by atoms with Crippen LogP contribution in [0, 0.1) is 11.8 Å². The molecule has 19 heavy (non-hydrogen) atoms. The zero-order chi connectivity index (χ0) is 13.8. The van der Waals surface area contributed by atoms with E-state index in [1.165, 1.54) is 7.11 Å². The minimum absolute atomic E-state index is 0.0481. The number of benzene rings is 1. The molecule has 0 aliphatic carbocycles. The molecule has 1 aliphatic heterocycles. The fraction of sp³-hybridized carbons (Fsp3) is 0.467. The molecule has 1 aliphatic rings. The number of likely N-dealkylation sites (tertiary alicyclic amines) is 1. The average Bonchev–Trinajstić information content (AvgIpc) is 2.42. The van der Waals surface area contributed by atoms with E-state index in [4.69, 9.17) is 4.74 Å². The Morgan fingerprint density at radius 1 is 1.37 bits per heavy atom. The van der Waals surface area contributed by atoms with E-state index in [1.807, 2.05) is 37.3 Å². The molecule has 1 amide bonds. The Morgan fingerprint density at radius 2 is 2.05 bits per heavy atom. The van der Waals surface area contributed by atoms with E-state index in [2.05, 4.69) is 0 Å². The van der Waals surface area contributed by atoms with Crippen molar-refractivity contribution in [3.05, 3.63) is 35.9 Å². The van der Waals surface area contributed by atoms with Crippen LogP contribution >= 0.6 is 0 Å². The molecule has 0 aromatic heterocycles. The lowest BCUT2D eigenvalue weighted by atomic mass is 9.86. The molecule has 1 aromatic rings. The highest BCUT2D eigenvalue weighted by Gasteiger charge is 2.36. The fourth-order valence-corrected chi connectivity index (χ4v) is 2.48. The van der Waals surface area contributed by atoms with E-state index >= 15 is 0 Å². The van der Waals surface area contributed by atoms with Crippen molar-refractivity contribution in [2.75, 3.05) is 13.7 Å². The predicted molar refractivity (Wildman–Crippen MR) is 71.1 cm³/mol. The number of rotatable bonds is 3. The Bertz CT molecular complexity index is 458. The van der Waals surface area contributed by atoms with Crippen LogP contribution in [0.25, 0.3) is 0 Å². The van der Waals surface area contributed by atoms with Crippen LogP contribution in [0.4, 0.5) is 0 Å². The van der Waals surface area contributed by atoms with Crippen molar-refractivity contribution < 1.29 is 14.3 Å². The van der Waals surface area contributed by atoms with Crippen LogP contribution < -0.4 is 0 Å². The van der Waals surface area contributed by atoms with E-state index in [0.29, 0.717) is 19.5 Å². The third-order valence-corrected chi connectivity index (χ3v) is 3.67. The lowest BCUT2D eigenvalue weighted by Crippen LogP contribution is -2.46. The summed E-state index contributed by atoms with van der Waals surface area (Å²) in [5, 5.41) is 0. The molecule has 1 fully saturated rings.